The van der Waals surface area contributed by atoms with Crippen molar-refractivity contribution in [1.82, 2.24) is 4.98 Å². The molecule has 3 unspecified atom stereocenters. The van der Waals surface area contributed by atoms with Crippen molar-refractivity contribution in [2.24, 2.45) is 17.8 Å². The fraction of sp³-hybridized carbons (Fsp3) is 0.276. The lowest BCUT2D eigenvalue weighted by Gasteiger charge is -2.35. The van der Waals surface area contributed by atoms with Crippen LogP contribution in [0, 0.1) is 17.8 Å². The summed E-state index contributed by atoms with van der Waals surface area (Å²) in [5.41, 5.74) is 20.1. The maximum atomic E-state index is 5.86. The van der Waals surface area contributed by atoms with Gasteiger partial charge in [-0.05, 0) is 141 Å². The van der Waals surface area contributed by atoms with Crippen LogP contribution in [0.5, 0.6) is 0 Å². The number of oxazole rings is 1. The summed E-state index contributed by atoms with van der Waals surface area (Å²) in [4.78, 5) is 4.28. The van der Waals surface area contributed by atoms with Crippen LogP contribution in [-0.2, 0) is 19.3 Å². The number of hydrogen-bond acceptors (Lipinski definition) is 2. The first-order chi connectivity index (χ1) is 44.3. The molecule has 0 bridgehead atoms. The Labute approximate surface area is 540 Å². The van der Waals surface area contributed by atoms with Crippen molar-refractivity contribution in [3.8, 4) is 78.1 Å². The molecule has 10 aromatic carbocycles. The van der Waals surface area contributed by atoms with E-state index in [1.165, 1.54) is 188 Å². The molecule has 11 rings (SSSR count). The van der Waals surface area contributed by atoms with Gasteiger partial charge < -0.3 is 4.42 Å². The normalized spacial score (nSPS) is 13.2. The van der Waals surface area contributed by atoms with Crippen molar-refractivity contribution in [2.75, 3.05) is 0 Å². The standard InChI is InChI=1S/C87H93NOSi/c1-7-13-16-64(10-4)59-67-19-25-70(26-20-67)73-31-37-76(38-32-73)79-43-51-83(52-44-79)90(86-57-49-82(50-58-86)87-62-88-63-89-87,84-53-45-80(46-54-84)77-39-33-74(34-40-77)71-27-21-68(22-28-71)60-65(11-5)17-14-8-2)85-55-47-81(48-56-85)78-41-35-75(36-42-78)72-29-23-69(24-30-72)61-66(12-6)18-15-9-3/h19-58,62-66H,7-18,59-61H2,1-6H3. The average molecular weight is 1200 g/mol. The molecule has 0 saturated carbocycles. The lowest BCUT2D eigenvalue weighted by Crippen LogP contribution is -2.74. The maximum Gasteiger partial charge on any atom is 0.181 e. The van der Waals surface area contributed by atoms with Crippen molar-refractivity contribution in [1.29, 1.82) is 0 Å². The fourth-order valence-corrected chi connectivity index (χ4v) is 18.5. The second kappa shape index (κ2) is 30.9. The van der Waals surface area contributed by atoms with Crippen molar-refractivity contribution in [2.45, 2.75) is 138 Å². The van der Waals surface area contributed by atoms with Crippen molar-refractivity contribution in [3.63, 3.8) is 0 Å². The summed E-state index contributed by atoms with van der Waals surface area (Å²) >= 11 is 0. The molecule has 456 valence electrons. The SMILES string of the molecule is CCCCC(CC)Cc1ccc(-c2ccc(-c3ccc([Si](c4ccc(-c5ccc(-c6ccc(CC(CC)CCCC)cc6)cc5)cc4)(c4ccc(-c5ccc(-c6ccc(CC(CC)CCCC)cc6)cc5)cc4)c4ccc(-c5cnco5)cc4)cc3)cc2)cc1. The molecule has 0 aliphatic rings. The van der Waals surface area contributed by atoms with Crippen LogP contribution in [0.25, 0.3) is 78.1 Å². The van der Waals surface area contributed by atoms with Gasteiger partial charge in [0, 0.05) is 5.56 Å². The fourth-order valence-electron chi connectivity index (χ4n) is 13.9. The molecule has 0 radical (unpaired) electrons. The smallest absolute Gasteiger partial charge is 0.181 e. The van der Waals surface area contributed by atoms with Crippen LogP contribution in [0.15, 0.2) is 260 Å². The molecule has 0 N–H and O–H groups in total. The minimum atomic E-state index is -3.06. The summed E-state index contributed by atoms with van der Waals surface area (Å²) in [6, 6.07) is 93.2. The van der Waals surface area contributed by atoms with Gasteiger partial charge in [0.15, 0.2) is 20.2 Å². The summed E-state index contributed by atoms with van der Waals surface area (Å²) < 4.78 is 5.86. The highest BCUT2D eigenvalue weighted by Crippen LogP contribution is 2.32. The van der Waals surface area contributed by atoms with Crippen molar-refractivity contribution < 1.29 is 4.42 Å². The first-order valence-corrected chi connectivity index (χ1v) is 36.2. The van der Waals surface area contributed by atoms with E-state index in [-0.39, 0.29) is 0 Å². The monoisotopic (exact) mass is 1200 g/mol. The predicted molar refractivity (Wildman–Crippen MR) is 389 cm³/mol. The highest BCUT2D eigenvalue weighted by Gasteiger charge is 2.42. The molecule has 1 aromatic heterocycles. The van der Waals surface area contributed by atoms with Gasteiger partial charge in [0.1, 0.15) is 0 Å². The van der Waals surface area contributed by atoms with Crippen LogP contribution in [-0.4, -0.2) is 13.1 Å². The first-order valence-electron chi connectivity index (χ1n) is 34.2. The Morgan fingerprint density at radius 2 is 0.489 bits per heavy atom. The Kier molecular flexibility index (Phi) is 21.7. The van der Waals surface area contributed by atoms with E-state index in [9.17, 15) is 0 Å². The quantitative estimate of drug-likeness (QED) is 0.0345. The minimum Gasteiger partial charge on any atom is -0.444 e. The zero-order valence-corrected chi connectivity index (χ0v) is 55.4. The summed E-state index contributed by atoms with van der Waals surface area (Å²) in [5.74, 6) is 3.03. The molecule has 0 fully saturated rings. The highest BCUT2D eigenvalue weighted by atomic mass is 28.3. The minimum absolute atomic E-state index is 0.755. The molecule has 2 nitrogen and oxygen atoms in total. The first kappa shape index (κ1) is 63.2. The Morgan fingerprint density at radius 1 is 0.278 bits per heavy atom. The molecule has 0 aliphatic carbocycles. The highest BCUT2D eigenvalue weighted by molar-refractivity contribution is 7.19. The Bertz CT molecular complexity index is 3550. The number of unbranched alkanes of at least 4 members (excludes halogenated alkanes) is 3. The number of rotatable bonds is 29. The van der Waals surface area contributed by atoms with Gasteiger partial charge in [-0.25, -0.2) is 4.98 Å². The van der Waals surface area contributed by atoms with Gasteiger partial charge in [-0.2, -0.15) is 0 Å². The largest absolute Gasteiger partial charge is 0.444 e. The van der Waals surface area contributed by atoms with Crippen LogP contribution < -0.4 is 20.7 Å². The number of benzene rings is 10. The van der Waals surface area contributed by atoms with E-state index in [1.54, 1.807) is 6.20 Å². The molecule has 11 aromatic rings. The Morgan fingerprint density at radius 3 is 0.689 bits per heavy atom. The molecule has 0 saturated heterocycles. The van der Waals surface area contributed by atoms with Gasteiger partial charge >= 0.3 is 0 Å². The number of nitrogens with zero attached hydrogens (tertiary/aromatic N) is 1. The molecule has 0 amide bonds. The molecule has 1 heterocycles. The second-order valence-electron chi connectivity index (χ2n) is 25.6. The van der Waals surface area contributed by atoms with E-state index >= 15 is 0 Å². The lowest BCUT2D eigenvalue weighted by atomic mass is 9.91. The predicted octanol–water partition coefficient (Wildman–Crippen LogP) is 22.0. The van der Waals surface area contributed by atoms with Gasteiger partial charge in [-0.15, -0.1) is 0 Å². The van der Waals surface area contributed by atoms with Gasteiger partial charge in [0.25, 0.3) is 0 Å². The lowest BCUT2D eigenvalue weighted by molar-refractivity contribution is 0.449. The average Bonchev–Trinajstić information content (AvgIpc) is 0.990. The summed E-state index contributed by atoms with van der Waals surface area (Å²) in [7, 11) is -3.06. The van der Waals surface area contributed by atoms with Crippen LogP contribution in [0.4, 0.5) is 0 Å². The van der Waals surface area contributed by atoms with Gasteiger partial charge in [0.05, 0.1) is 6.20 Å². The third kappa shape index (κ3) is 15.1. The maximum absolute atomic E-state index is 5.86. The summed E-state index contributed by atoms with van der Waals surface area (Å²) in [6.07, 6.45) is 22.2. The Hall–Kier alpha value is -8.37. The molecular formula is C87H93NOSi. The Balaban J connectivity index is 0.929. The third-order valence-corrected chi connectivity index (χ3v) is 24.5. The number of aromatic nitrogens is 1. The van der Waals surface area contributed by atoms with Crippen LogP contribution in [0.2, 0.25) is 0 Å². The molecule has 3 atom stereocenters. The van der Waals surface area contributed by atoms with E-state index in [4.69, 9.17) is 4.42 Å². The van der Waals surface area contributed by atoms with E-state index in [1.807, 2.05) is 0 Å². The van der Waals surface area contributed by atoms with Gasteiger partial charge in [-0.1, -0.05) is 361 Å². The van der Waals surface area contributed by atoms with Gasteiger partial charge in [0.2, 0.25) is 0 Å². The second-order valence-corrected chi connectivity index (χ2v) is 29.4. The van der Waals surface area contributed by atoms with Crippen LogP contribution in [0.3, 0.4) is 0 Å². The van der Waals surface area contributed by atoms with E-state index in [0.29, 0.717) is 0 Å². The zero-order chi connectivity index (χ0) is 62.1. The van der Waals surface area contributed by atoms with Crippen LogP contribution >= 0.6 is 0 Å². The molecular weight excluding hydrogens is 1100 g/mol. The summed E-state index contributed by atoms with van der Waals surface area (Å²) in [6.45, 7) is 13.9. The molecule has 0 aliphatic heterocycles. The zero-order valence-electron chi connectivity index (χ0n) is 54.4. The molecule has 0 spiro atoms. The van der Waals surface area contributed by atoms with Crippen molar-refractivity contribution >= 4 is 28.8 Å². The number of hydrogen-bond donors (Lipinski definition) is 0. The topological polar surface area (TPSA) is 26.0 Å². The van der Waals surface area contributed by atoms with E-state index in [0.717, 1.165) is 48.3 Å². The van der Waals surface area contributed by atoms with Gasteiger partial charge in [-0.3, -0.25) is 0 Å². The van der Waals surface area contributed by atoms with E-state index in [2.05, 4.69) is 289 Å². The summed E-state index contributed by atoms with van der Waals surface area (Å²) in [5, 5.41) is 5.25. The molecule has 90 heavy (non-hydrogen) atoms. The van der Waals surface area contributed by atoms with E-state index < -0.39 is 8.07 Å². The molecule has 3 heteroatoms. The van der Waals surface area contributed by atoms with Crippen LogP contribution in [0.1, 0.15) is 135 Å². The third-order valence-electron chi connectivity index (χ3n) is 19.7. The van der Waals surface area contributed by atoms with Crippen molar-refractivity contribution in [3.05, 3.63) is 272 Å².